The van der Waals surface area contributed by atoms with E-state index in [2.05, 4.69) is 10.3 Å². The Kier molecular flexibility index (Phi) is 3.21. The Morgan fingerprint density at radius 3 is 3.08 bits per heavy atom. The summed E-state index contributed by atoms with van der Waals surface area (Å²) < 4.78 is 4.71. The minimum absolute atomic E-state index is 0.115. The largest absolute Gasteiger partial charge is 0.476 e. The molecule has 0 spiro atoms. The summed E-state index contributed by atoms with van der Waals surface area (Å²) >= 11 is 0. The van der Waals surface area contributed by atoms with Gasteiger partial charge in [-0.15, -0.1) is 5.10 Å². The summed E-state index contributed by atoms with van der Waals surface area (Å²) in [5.74, 6) is -1.14. The third-order valence-electron chi connectivity index (χ3n) is 1.24. The molecule has 0 aliphatic heterocycles. The van der Waals surface area contributed by atoms with E-state index in [0.29, 0.717) is 6.61 Å². The van der Waals surface area contributed by atoms with Crippen LogP contribution >= 0.6 is 0 Å². The monoisotopic (exact) mass is 187 g/mol. The van der Waals surface area contributed by atoms with Crippen molar-refractivity contribution in [3.05, 3.63) is 11.9 Å². The van der Waals surface area contributed by atoms with Crippen LogP contribution in [0, 0.1) is 0 Å². The Morgan fingerprint density at radius 2 is 2.46 bits per heavy atom. The van der Waals surface area contributed by atoms with Gasteiger partial charge in [-0.2, -0.15) is 0 Å². The molecule has 1 aromatic heterocycles. The maximum absolute atomic E-state index is 10.5. The fourth-order valence-electron chi connectivity index (χ4n) is 0.664. The topological polar surface area (TPSA) is 86.5 Å². The molecule has 0 aliphatic carbocycles. The van der Waals surface area contributed by atoms with Crippen LogP contribution in [-0.4, -0.2) is 46.6 Å². The number of hydrogen-bond donors (Lipinski definition) is 1. The number of carboxylic acid groups (broad SMARTS) is 1. The van der Waals surface area contributed by atoms with Crippen LogP contribution in [-0.2, 0) is 4.74 Å². The van der Waals surface area contributed by atoms with E-state index in [-0.39, 0.29) is 12.3 Å². The molecule has 0 aromatic carbocycles. The molecule has 13 heavy (non-hydrogen) atoms. The standard InChI is InChI=1S/C6H9N3O4/c1-12-2-3-13-9-5(6(10)11)4-7-8-9/h4H,2-3H2,1H3,(H,10,11). The zero-order chi connectivity index (χ0) is 9.68. The number of rotatable bonds is 5. The number of aromatic carboxylic acids is 1. The summed E-state index contributed by atoms with van der Waals surface area (Å²) in [5, 5.41) is 15.4. The number of hydrogen-bond acceptors (Lipinski definition) is 5. The maximum atomic E-state index is 10.5. The molecule has 0 amide bonds. The van der Waals surface area contributed by atoms with E-state index < -0.39 is 5.97 Å². The number of aromatic nitrogens is 3. The van der Waals surface area contributed by atoms with E-state index in [1.807, 2.05) is 0 Å². The Balaban J connectivity index is 2.55. The molecule has 1 N–H and O–H groups in total. The van der Waals surface area contributed by atoms with Gasteiger partial charge in [0.15, 0.2) is 0 Å². The molecule has 0 aliphatic rings. The molecule has 0 unspecified atom stereocenters. The van der Waals surface area contributed by atoms with Gasteiger partial charge in [0, 0.05) is 7.11 Å². The molecule has 7 nitrogen and oxygen atoms in total. The van der Waals surface area contributed by atoms with Gasteiger partial charge in [-0.25, -0.2) is 4.79 Å². The van der Waals surface area contributed by atoms with Gasteiger partial charge in [0.25, 0.3) is 0 Å². The van der Waals surface area contributed by atoms with Crippen LogP contribution in [0.25, 0.3) is 0 Å². The van der Waals surface area contributed by atoms with Crippen LogP contribution in [0.2, 0.25) is 0 Å². The molecule has 1 heterocycles. The van der Waals surface area contributed by atoms with E-state index in [1.165, 1.54) is 7.11 Å². The van der Waals surface area contributed by atoms with Crippen LogP contribution in [0.15, 0.2) is 6.20 Å². The van der Waals surface area contributed by atoms with E-state index in [0.717, 1.165) is 11.0 Å². The Hall–Kier alpha value is -1.63. The Labute approximate surface area is 73.8 Å². The molecule has 72 valence electrons. The SMILES string of the molecule is COCCOn1nncc1C(=O)O. The van der Waals surface area contributed by atoms with Gasteiger partial charge in [0.1, 0.15) is 6.61 Å². The quantitative estimate of drug-likeness (QED) is 0.598. The minimum Gasteiger partial charge on any atom is -0.476 e. The molecule has 0 atom stereocenters. The first kappa shape index (κ1) is 9.46. The average Bonchev–Trinajstić information content (AvgIpc) is 2.53. The first-order chi connectivity index (χ1) is 6.25. The molecule has 1 rings (SSSR count). The van der Waals surface area contributed by atoms with Crippen molar-refractivity contribution in [3.63, 3.8) is 0 Å². The first-order valence-corrected chi connectivity index (χ1v) is 3.52. The highest BCUT2D eigenvalue weighted by atomic mass is 16.7. The summed E-state index contributed by atoms with van der Waals surface area (Å²) in [6.45, 7) is 0.582. The molecule has 0 radical (unpaired) electrons. The number of nitrogens with zero attached hydrogens (tertiary/aromatic N) is 3. The van der Waals surface area contributed by atoms with Gasteiger partial charge in [0.2, 0.25) is 5.69 Å². The summed E-state index contributed by atoms with van der Waals surface area (Å²) in [7, 11) is 1.52. The molecule has 1 aromatic rings. The van der Waals surface area contributed by atoms with E-state index in [1.54, 1.807) is 0 Å². The van der Waals surface area contributed by atoms with E-state index >= 15 is 0 Å². The predicted octanol–water partition coefficient (Wildman–Crippen LogP) is -0.949. The number of carboxylic acids is 1. The lowest BCUT2D eigenvalue weighted by molar-refractivity contribution is 0.0275. The summed E-state index contributed by atoms with van der Waals surface area (Å²) in [6, 6.07) is 0. The number of ether oxygens (including phenoxy) is 1. The van der Waals surface area contributed by atoms with Gasteiger partial charge < -0.3 is 14.7 Å². The fourth-order valence-corrected chi connectivity index (χ4v) is 0.664. The second kappa shape index (κ2) is 4.41. The number of methoxy groups -OCH3 is 1. The maximum Gasteiger partial charge on any atom is 0.359 e. The van der Waals surface area contributed by atoms with Crippen molar-refractivity contribution in [2.24, 2.45) is 0 Å². The second-order valence-electron chi connectivity index (χ2n) is 2.12. The summed E-state index contributed by atoms with van der Waals surface area (Å²) in [6.07, 6.45) is 1.11. The molecule has 0 fully saturated rings. The third kappa shape index (κ3) is 2.41. The van der Waals surface area contributed by atoms with Gasteiger partial charge in [-0.1, -0.05) is 4.85 Å². The molecule has 0 saturated heterocycles. The highest BCUT2D eigenvalue weighted by molar-refractivity contribution is 5.84. The van der Waals surface area contributed by atoms with Crippen LogP contribution in [0.4, 0.5) is 0 Å². The summed E-state index contributed by atoms with van der Waals surface area (Å²) in [4.78, 5) is 16.3. The van der Waals surface area contributed by atoms with E-state index in [4.69, 9.17) is 14.7 Å². The average molecular weight is 187 g/mol. The highest BCUT2D eigenvalue weighted by Crippen LogP contribution is 1.92. The van der Waals surface area contributed by atoms with Crippen LogP contribution in [0.3, 0.4) is 0 Å². The predicted molar refractivity (Wildman–Crippen MR) is 40.3 cm³/mol. The zero-order valence-electron chi connectivity index (χ0n) is 7.01. The molecule has 0 saturated carbocycles. The van der Waals surface area contributed by atoms with Crippen molar-refractivity contribution in [2.75, 3.05) is 20.3 Å². The Bertz CT molecular complexity index is 285. The van der Waals surface area contributed by atoms with Gasteiger partial charge >= 0.3 is 5.97 Å². The van der Waals surface area contributed by atoms with Crippen LogP contribution in [0.1, 0.15) is 10.5 Å². The van der Waals surface area contributed by atoms with Crippen molar-refractivity contribution < 1.29 is 19.5 Å². The lowest BCUT2D eigenvalue weighted by Crippen LogP contribution is -2.21. The minimum atomic E-state index is -1.14. The molecule has 7 heteroatoms. The lowest BCUT2D eigenvalue weighted by Gasteiger charge is -2.03. The highest BCUT2D eigenvalue weighted by Gasteiger charge is 2.11. The third-order valence-corrected chi connectivity index (χ3v) is 1.24. The van der Waals surface area contributed by atoms with Crippen molar-refractivity contribution in [3.8, 4) is 0 Å². The zero-order valence-corrected chi connectivity index (χ0v) is 7.01. The first-order valence-electron chi connectivity index (χ1n) is 3.52. The van der Waals surface area contributed by atoms with Crippen LogP contribution in [0.5, 0.6) is 0 Å². The van der Waals surface area contributed by atoms with Crippen molar-refractivity contribution in [1.29, 1.82) is 0 Å². The van der Waals surface area contributed by atoms with Gasteiger partial charge in [-0.3, -0.25) is 0 Å². The lowest BCUT2D eigenvalue weighted by atomic mass is 10.5. The Morgan fingerprint density at radius 1 is 1.69 bits per heavy atom. The summed E-state index contributed by atoms with van der Waals surface area (Å²) in [5.41, 5.74) is -0.115. The molecule has 0 bridgehead atoms. The second-order valence-corrected chi connectivity index (χ2v) is 2.12. The van der Waals surface area contributed by atoms with Crippen molar-refractivity contribution in [2.45, 2.75) is 0 Å². The molecular weight excluding hydrogens is 178 g/mol. The smallest absolute Gasteiger partial charge is 0.359 e. The normalized spacial score (nSPS) is 9.92. The van der Waals surface area contributed by atoms with Crippen molar-refractivity contribution >= 4 is 5.97 Å². The van der Waals surface area contributed by atoms with E-state index in [9.17, 15) is 4.79 Å². The van der Waals surface area contributed by atoms with Gasteiger partial charge in [0.05, 0.1) is 12.8 Å². The molecular formula is C6H9N3O4. The van der Waals surface area contributed by atoms with Crippen LogP contribution < -0.4 is 4.84 Å². The fraction of sp³-hybridized carbons (Fsp3) is 0.500. The van der Waals surface area contributed by atoms with Gasteiger partial charge in [-0.05, 0) is 5.21 Å². The van der Waals surface area contributed by atoms with Crippen molar-refractivity contribution in [1.82, 2.24) is 15.2 Å². The number of carbonyl (C=O) groups is 1.